The number of H-pyrrole nitrogens is 1. The van der Waals surface area contributed by atoms with Gasteiger partial charge in [-0.25, -0.2) is 4.98 Å². The summed E-state index contributed by atoms with van der Waals surface area (Å²) in [5, 5.41) is 2.86. The number of nitrogens with zero attached hydrogens (tertiary/aromatic N) is 2. The number of aromatic nitrogens is 3. The molecule has 7 heteroatoms. The second-order valence-electron chi connectivity index (χ2n) is 6.68. The second kappa shape index (κ2) is 8.40. The quantitative estimate of drug-likeness (QED) is 0.540. The van der Waals surface area contributed by atoms with Crippen LogP contribution in [0.4, 0.5) is 5.69 Å². The summed E-state index contributed by atoms with van der Waals surface area (Å²) in [6, 6.07) is 19.8. The van der Waals surface area contributed by atoms with Crippen LogP contribution < -0.4 is 10.9 Å². The van der Waals surface area contributed by atoms with Crippen molar-refractivity contribution < 1.29 is 9.59 Å². The molecule has 0 spiro atoms. The van der Waals surface area contributed by atoms with Gasteiger partial charge in [-0.15, -0.1) is 0 Å². The van der Waals surface area contributed by atoms with Crippen LogP contribution in [0, 0.1) is 0 Å². The van der Waals surface area contributed by atoms with E-state index < -0.39 is 11.5 Å². The van der Waals surface area contributed by atoms with Gasteiger partial charge in [-0.2, -0.15) is 0 Å². The maximum atomic E-state index is 12.4. The molecule has 4 aromatic rings. The smallest absolute Gasteiger partial charge is 0.268 e. The molecule has 148 valence electrons. The van der Waals surface area contributed by atoms with Gasteiger partial charge in [-0.1, -0.05) is 42.5 Å². The van der Waals surface area contributed by atoms with Crippen molar-refractivity contribution in [2.45, 2.75) is 6.42 Å². The van der Waals surface area contributed by atoms with Crippen LogP contribution in [0.5, 0.6) is 0 Å². The second-order valence-corrected chi connectivity index (χ2v) is 6.68. The number of amides is 1. The molecule has 30 heavy (non-hydrogen) atoms. The molecule has 0 aliphatic carbocycles. The van der Waals surface area contributed by atoms with Crippen molar-refractivity contribution in [3.63, 3.8) is 0 Å². The van der Waals surface area contributed by atoms with Crippen molar-refractivity contribution >= 4 is 17.5 Å². The highest BCUT2D eigenvalue weighted by molar-refractivity contribution is 5.95. The number of rotatable bonds is 5. The Morgan fingerprint density at radius 2 is 1.73 bits per heavy atom. The standard InChI is InChI=1S/C23H18N4O3/c28-21(14-16-4-2-1-3-5-16)25-18-8-6-17(7-9-18)20-11-10-19(22(29)26-20)23(30)27-13-12-24-15-27/h1-13,15H,14H2,(H,25,28)(H,26,29). The highest BCUT2D eigenvalue weighted by Gasteiger charge is 2.13. The molecular formula is C23H18N4O3. The molecule has 0 saturated heterocycles. The topological polar surface area (TPSA) is 96.8 Å². The number of hydrogen-bond donors (Lipinski definition) is 2. The number of benzene rings is 2. The Labute approximate surface area is 172 Å². The van der Waals surface area contributed by atoms with Gasteiger partial charge >= 0.3 is 0 Å². The third kappa shape index (κ3) is 4.25. The maximum Gasteiger partial charge on any atom is 0.268 e. The summed E-state index contributed by atoms with van der Waals surface area (Å²) >= 11 is 0. The van der Waals surface area contributed by atoms with Crippen molar-refractivity contribution in [1.82, 2.24) is 14.5 Å². The van der Waals surface area contributed by atoms with E-state index in [9.17, 15) is 14.4 Å². The molecule has 0 aliphatic heterocycles. The summed E-state index contributed by atoms with van der Waals surface area (Å²) in [4.78, 5) is 43.4. The summed E-state index contributed by atoms with van der Waals surface area (Å²) in [7, 11) is 0. The van der Waals surface area contributed by atoms with E-state index in [2.05, 4.69) is 15.3 Å². The van der Waals surface area contributed by atoms with Crippen molar-refractivity contribution in [3.8, 4) is 11.3 Å². The summed E-state index contributed by atoms with van der Waals surface area (Å²) in [5.41, 5.74) is 2.48. The molecule has 4 rings (SSSR count). The first-order valence-electron chi connectivity index (χ1n) is 9.30. The minimum absolute atomic E-state index is 0.0292. The van der Waals surface area contributed by atoms with Gasteiger partial charge in [0.15, 0.2) is 0 Å². The monoisotopic (exact) mass is 398 g/mol. The minimum Gasteiger partial charge on any atom is -0.326 e. The van der Waals surface area contributed by atoms with Crippen molar-refractivity contribution in [2.75, 3.05) is 5.32 Å². The van der Waals surface area contributed by atoms with Crippen molar-refractivity contribution in [2.24, 2.45) is 0 Å². The number of nitrogens with one attached hydrogen (secondary N) is 2. The number of aromatic amines is 1. The van der Waals surface area contributed by atoms with Crippen LogP contribution in [0.15, 0.2) is 90.2 Å². The molecule has 0 unspecified atom stereocenters. The van der Waals surface area contributed by atoms with Crippen molar-refractivity contribution in [1.29, 1.82) is 0 Å². The van der Waals surface area contributed by atoms with E-state index in [0.29, 0.717) is 17.8 Å². The number of carbonyl (C=O) groups excluding carboxylic acids is 2. The molecule has 2 N–H and O–H groups in total. The fourth-order valence-electron chi connectivity index (χ4n) is 3.05. The van der Waals surface area contributed by atoms with Gasteiger partial charge in [0.05, 0.1) is 6.42 Å². The molecule has 0 atom stereocenters. The molecule has 1 amide bonds. The van der Waals surface area contributed by atoms with Crippen LogP contribution in [0.1, 0.15) is 15.9 Å². The summed E-state index contributed by atoms with van der Waals surface area (Å²) < 4.78 is 1.25. The highest BCUT2D eigenvalue weighted by atomic mass is 16.2. The van der Waals surface area contributed by atoms with Gasteiger partial charge in [-0.3, -0.25) is 19.0 Å². The van der Waals surface area contributed by atoms with Crippen LogP contribution in [0.25, 0.3) is 11.3 Å². The largest absolute Gasteiger partial charge is 0.326 e. The minimum atomic E-state index is -0.480. The number of anilines is 1. The molecule has 0 fully saturated rings. The first kappa shape index (κ1) is 19.1. The van der Waals surface area contributed by atoms with E-state index in [-0.39, 0.29) is 11.5 Å². The zero-order valence-electron chi connectivity index (χ0n) is 15.9. The highest BCUT2D eigenvalue weighted by Crippen LogP contribution is 2.19. The zero-order chi connectivity index (χ0) is 20.9. The van der Waals surface area contributed by atoms with Crippen LogP contribution >= 0.6 is 0 Å². The van der Waals surface area contributed by atoms with E-state index in [1.807, 2.05) is 30.3 Å². The fourth-order valence-corrected chi connectivity index (χ4v) is 3.05. The van der Waals surface area contributed by atoms with E-state index >= 15 is 0 Å². The Balaban J connectivity index is 1.46. The van der Waals surface area contributed by atoms with E-state index in [1.165, 1.54) is 29.4 Å². The third-order valence-corrected chi connectivity index (χ3v) is 4.57. The van der Waals surface area contributed by atoms with Crippen molar-refractivity contribution in [3.05, 3.63) is 107 Å². The third-order valence-electron chi connectivity index (χ3n) is 4.57. The van der Waals surface area contributed by atoms with Crippen LogP contribution in [-0.2, 0) is 11.2 Å². The van der Waals surface area contributed by atoms with Gasteiger partial charge in [-0.05, 0) is 35.4 Å². The Morgan fingerprint density at radius 3 is 2.40 bits per heavy atom. The predicted octanol–water partition coefficient (Wildman–Crippen LogP) is 3.11. The first-order chi connectivity index (χ1) is 14.6. The summed E-state index contributed by atoms with van der Waals surface area (Å²) in [5.74, 6) is -0.554. The molecular weight excluding hydrogens is 380 g/mol. The van der Waals surface area contributed by atoms with Crippen LogP contribution in [0.2, 0.25) is 0 Å². The Bertz CT molecular complexity index is 1230. The molecule has 2 aromatic heterocycles. The van der Waals surface area contributed by atoms with E-state index in [4.69, 9.17) is 0 Å². The predicted molar refractivity (Wildman–Crippen MR) is 113 cm³/mol. The van der Waals surface area contributed by atoms with Gasteiger partial charge in [0.25, 0.3) is 11.5 Å². The first-order valence-corrected chi connectivity index (χ1v) is 9.30. The maximum absolute atomic E-state index is 12.4. The van der Waals surface area contributed by atoms with Gasteiger partial charge in [0, 0.05) is 23.8 Å². The number of hydrogen-bond acceptors (Lipinski definition) is 4. The van der Waals surface area contributed by atoms with E-state index in [0.717, 1.165) is 11.1 Å². The molecule has 0 aliphatic rings. The fraction of sp³-hybridized carbons (Fsp3) is 0.0435. The molecule has 0 bridgehead atoms. The Hall–Kier alpha value is -4.26. The SMILES string of the molecule is O=C(Cc1ccccc1)Nc1ccc(-c2ccc(C(=O)n3ccnc3)c(=O)[nH]2)cc1. The summed E-state index contributed by atoms with van der Waals surface area (Å²) in [6.45, 7) is 0. The number of carbonyl (C=O) groups is 2. The Kier molecular flexibility index (Phi) is 5.34. The van der Waals surface area contributed by atoms with E-state index in [1.54, 1.807) is 30.3 Å². The summed E-state index contributed by atoms with van der Waals surface area (Å²) in [6.07, 6.45) is 4.60. The molecule has 2 heterocycles. The molecule has 0 radical (unpaired) electrons. The van der Waals surface area contributed by atoms with Gasteiger partial charge < -0.3 is 10.3 Å². The Morgan fingerprint density at radius 1 is 0.967 bits per heavy atom. The van der Waals surface area contributed by atoms with Gasteiger partial charge in [0.2, 0.25) is 5.91 Å². The van der Waals surface area contributed by atoms with Crippen LogP contribution in [-0.4, -0.2) is 26.3 Å². The molecule has 2 aromatic carbocycles. The average Bonchev–Trinajstić information content (AvgIpc) is 3.29. The normalized spacial score (nSPS) is 10.5. The lowest BCUT2D eigenvalue weighted by Gasteiger charge is -2.08. The van der Waals surface area contributed by atoms with Crippen LogP contribution in [0.3, 0.4) is 0 Å². The van der Waals surface area contributed by atoms with Gasteiger partial charge in [0.1, 0.15) is 11.9 Å². The lowest BCUT2D eigenvalue weighted by atomic mass is 10.1. The number of pyridine rings is 1. The molecule has 7 nitrogen and oxygen atoms in total. The zero-order valence-corrected chi connectivity index (χ0v) is 15.9. The average molecular weight is 398 g/mol. The lowest BCUT2D eigenvalue weighted by Crippen LogP contribution is -2.22. The lowest BCUT2D eigenvalue weighted by molar-refractivity contribution is -0.115. The number of imidazole rings is 1. The molecule has 0 saturated carbocycles.